The van der Waals surface area contributed by atoms with Crippen molar-refractivity contribution >= 4 is 11.0 Å². The van der Waals surface area contributed by atoms with E-state index >= 15 is 0 Å². The number of methoxy groups -OCH3 is 1. The van der Waals surface area contributed by atoms with Gasteiger partial charge in [0, 0.05) is 44.5 Å². The van der Waals surface area contributed by atoms with Crippen molar-refractivity contribution in [3.63, 3.8) is 0 Å². The molecule has 19 heavy (non-hydrogen) atoms. The van der Waals surface area contributed by atoms with Gasteiger partial charge in [-0.15, -0.1) is 0 Å². The molecular weight excluding hydrogens is 238 g/mol. The van der Waals surface area contributed by atoms with Crippen molar-refractivity contribution in [1.82, 2.24) is 14.9 Å². The summed E-state index contributed by atoms with van der Waals surface area (Å²) in [5.41, 5.74) is 2.39. The second kappa shape index (κ2) is 6.68. The fourth-order valence-electron chi connectivity index (χ4n) is 2.27. The molecule has 2 heterocycles. The summed E-state index contributed by atoms with van der Waals surface area (Å²) in [6.45, 7) is 7.93. The third kappa shape index (κ3) is 3.55. The van der Waals surface area contributed by atoms with Crippen molar-refractivity contribution in [2.75, 3.05) is 20.3 Å². The molecule has 0 atom stereocenters. The van der Waals surface area contributed by atoms with Crippen molar-refractivity contribution in [3.05, 3.63) is 30.1 Å². The molecule has 0 aromatic carbocycles. The molecule has 104 valence electrons. The number of pyridine rings is 1. The van der Waals surface area contributed by atoms with E-state index in [-0.39, 0.29) is 0 Å². The molecule has 0 amide bonds. The van der Waals surface area contributed by atoms with Gasteiger partial charge in [-0.05, 0) is 23.6 Å². The standard InChI is InChI=1S/C15H23N3O/c1-12(2)10-18-11-13(9-16-7-8-19-3)14-5-4-6-17-15(14)18/h4-6,11-12,16H,7-10H2,1-3H3. The molecule has 2 aromatic heterocycles. The van der Waals surface area contributed by atoms with Crippen LogP contribution in [0.2, 0.25) is 0 Å². The van der Waals surface area contributed by atoms with E-state index in [0.29, 0.717) is 5.92 Å². The van der Waals surface area contributed by atoms with Gasteiger partial charge in [0.2, 0.25) is 0 Å². The minimum Gasteiger partial charge on any atom is -0.383 e. The average Bonchev–Trinajstić information content (AvgIpc) is 2.73. The maximum absolute atomic E-state index is 5.05. The highest BCUT2D eigenvalue weighted by atomic mass is 16.5. The molecule has 4 heteroatoms. The Hall–Kier alpha value is -1.39. The number of hydrogen-bond donors (Lipinski definition) is 1. The van der Waals surface area contributed by atoms with Crippen LogP contribution in [0.25, 0.3) is 11.0 Å². The summed E-state index contributed by atoms with van der Waals surface area (Å²) in [6, 6.07) is 4.15. The zero-order valence-corrected chi connectivity index (χ0v) is 12.0. The number of nitrogens with one attached hydrogen (secondary N) is 1. The first-order valence-corrected chi connectivity index (χ1v) is 6.84. The summed E-state index contributed by atoms with van der Waals surface area (Å²) < 4.78 is 7.30. The molecule has 0 aliphatic rings. The number of fused-ring (bicyclic) bond motifs is 1. The average molecular weight is 261 g/mol. The Kier molecular flexibility index (Phi) is 4.93. The molecule has 0 unspecified atom stereocenters. The lowest BCUT2D eigenvalue weighted by Gasteiger charge is -2.06. The topological polar surface area (TPSA) is 39.1 Å². The van der Waals surface area contributed by atoms with Crippen LogP contribution in [0.3, 0.4) is 0 Å². The Balaban J connectivity index is 2.18. The summed E-state index contributed by atoms with van der Waals surface area (Å²) in [5.74, 6) is 0.618. The smallest absolute Gasteiger partial charge is 0.140 e. The minimum absolute atomic E-state index is 0.618. The summed E-state index contributed by atoms with van der Waals surface area (Å²) in [4.78, 5) is 4.51. The van der Waals surface area contributed by atoms with E-state index in [1.54, 1.807) is 7.11 Å². The van der Waals surface area contributed by atoms with Crippen LogP contribution in [-0.2, 0) is 17.8 Å². The van der Waals surface area contributed by atoms with Gasteiger partial charge in [-0.3, -0.25) is 0 Å². The summed E-state index contributed by atoms with van der Waals surface area (Å²) in [6.07, 6.45) is 4.08. The highest BCUT2D eigenvalue weighted by molar-refractivity contribution is 5.80. The van der Waals surface area contributed by atoms with E-state index in [1.807, 2.05) is 12.3 Å². The summed E-state index contributed by atoms with van der Waals surface area (Å²) in [5, 5.41) is 4.64. The van der Waals surface area contributed by atoms with Crippen LogP contribution in [0, 0.1) is 5.92 Å². The Morgan fingerprint density at radius 2 is 2.26 bits per heavy atom. The molecule has 2 aromatic rings. The Labute approximate surface area is 114 Å². The molecule has 0 spiro atoms. The van der Waals surface area contributed by atoms with Gasteiger partial charge < -0.3 is 14.6 Å². The maximum Gasteiger partial charge on any atom is 0.140 e. The zero-order valence-electron chi connectivity index (χ0n) is 12.0. The van der Waals surface area contributed by atoms with Gasteiger partial charge in [0.05, 0.1) is 6.61 Å². The first-order valence-electron chi connectivity index (χ1n) is 6.84. The highest BCUT2D eigenvalue weighted by Gasteiger charge is 2.09. The van der Waals surface area contributed by atoms with E-state index in [4.69, 9.17) is 4.74 Å². The SMILES string of the molecule is COCCNCc1cn(CC(C)C)c2ncccc12. The van der Waals surface area contributed by atoms with Crippen molar-refractivity contribution in [1.29, 1.82) is 0 Å². The third-order valence-electron chi connectivity index (χ3n) is 3.08. The van der Waals surface area contributed by atoms with E-state index < -0.39 is 0 Å². The fourth-order valence-corrected chi connectivity index (χ4v) is 2.27. The second-order valence-corrected chi connectivity index (χ2v) is 5.24. The van der Waals surface area contributed by atoms with Gasteiger partial charge in [0.25, 0.3) is 0 Å². The molecule has 0 fully saturated rings. The predicted octanol–water partition coefficient (Wildman–Crippen LogP) is 2.43. The molecule has 0 aliphatic carbocycles. The summed E-state index contributed by atoms with van der Waals surface area (Å²) >= 11 is 0. The molecule has 0 bridgehead atoms. The predicted molar refractivity (Wildman–Crippen MR) is 78.2 cm³/mol. The third-order valence-corrected chi connectivity index (χ3v) is 3.08. The van der Waals surface area contributed by atoms with Crippen molar-refractivity contribution in [3.8, 4) is 0 Å². The highest BCUT2D eigenvalue weighted by Crippen LogP contribution is 2.20. The Bertz CT molecular complexity index is 519. The van der Waals surface area contributed by atoms with Crippen molar-refractivity contribution < 1.29 is 4.74 Å². The lowest BCUT2D eigenvalue weighted by molar-refractivity contribution is 0.199. The normalized spacial score (nSPS) is 11.6. The Morgan fingerprint density at radius 3 is 3.00 bits per heavy atom. The largest absolute Gasteiger partial charge is 0.383 e. The maximum atomic E-state index is 5.05. The van der Waals surface area contributed by atoms with Gasteiger partial charge in [-0.1, -0.05) is 13.8 Å². The molecule has 4 nitrogen and oxygen atoms in total. The van der Waals surface area contributed by atoms with Gasteiger partial charge in [0.1, 0.15) is 5.65 Å². The van der Waals surface area contributed by atoms with Crippen LogP contribution >= 0.6 is 0 Å². The first kappa shape index (κ1) is 14.0. The van der Waals surface area contributed by atoms with Crippen LogP contribution in [-0.4, -0.2) is 29.8 Å². The van der Waals surface area contributed by atoms with Crippen LogP contribution in [0.5, 0.6) is 0 Å². The van der Waals surface area contributed by atoms with E-state index in [9.17, 15) is 0 Å². The Morgan fingerprint density at radius 1 is 1.42 bits per heavy atom. The molecule has 2 rings (SSSR count). The van der Waals surface area contributed by atoms with Crippen LogP contribution in [0.4, 0.5) is 0 Å². The molecular formula is C15H23N3O. The number of aromatic nitrogens is 2. The lowest BCUT2D eigenvalue weighted by atomic mass is 10.2. The van der Waals surface area contributed by atoms with Gasteiger partial charge in [-0.2, -0.15) is 0 Å². The zero-order chi connectivity index (χ0) is 13.7. The molecule has 0 saturated heterocycles. The van der Waals surface area contributed by atoms with Gasteiger partial charge in [-0.25, -0.2) is 4.98 Å². The van der Waals surface area contributed by atoms with E-state index in [0.717, 1.165) is 31.9 Å². The molecule has 0 aliphatic heterocycles. The quantitative estimate of drug-likeness (QED) is 0.778. The molecule has 1 N–H and O–H groups in total. The van der Waals surface area contributed by atoms with Gasteiger partial charge >= 0.3 is 0 Å². The number of nitrogens with zero attached hydrogens (tertiary/aromatic N) is 2. The number of hydrogen-bond acceptors (Lipinski definition) is 3. The number of rotatable bonds is 7. The minimum atomic E-state index is 0.618. The monoisotopic (exact) mass is 261 g/mol. The lowest BCUT2D eigenvalue weighted by Crippen LogP contribution is -2.18. The van der Waals surface area contributed by atoms with Crippen molar-refractivity contribution in [2.24, 2.45) is 5.92 Å². The van der Waals surface area contributed by atoms with Crippen molar-refractivity contribution in [2.45, 2.75) is 26.9 Å². The van der Waals surface area contributed by atoms with Crippen LogP contribution in [0.1, 0.15) is 19.4 Å². The first-order chi connectivity index (χ1) is 9.22. The van der Waals surface area contributed by atoms with Crippen LogP contribution < -0.4 is 5.32 Å². The number of ether oxygens (including phenoxy) is 1. The van der Waals surface area contributed by atoms with E-state index in [2.05, 4.69) is 41.0 Å². The fraction of sp³-hybridized carbons (Fsp3) is 0.533. The summed E-state index contributed by atoms with van der Waals surface area (Å²) in [7, 11) is 1.72. The van der Waals surface area contributed by atoms with Crippen LogP contribution in [0.15, 0.2) is 24.5 Å². The second-order valence-electron chi connectivity index (χ2n) is 5.24. The van der Waals surface area contributed by atoms with E-state index in [1.165, 1.54) is 10.9 Å². The molecule has 0 radical (unpaired) electrons. The molecule has 0 saturated carbocycles. The van der Waals surface area contributed by atoms with Gasteiger partial charge in [0.15, 0.2) is 0 Å².